The molecule has 0 saturated carbocycles. The fourth-order valence-electron chi connectivity index (χ4n) is 2.38. The van der Waals surface area contributed by atoms with Crippen LogP contribution >= 0.6 is 11.6 Å². The predicted molar refractivity (Wildman–Crippen MR) is 112 cm³/mol. The molecule has 3 aromatic rings. The van der Waals surface area contributed by atoms with Crippen molar-refractivity contribution in [3.8, 4) is 0 Å². The van der Waals surface area contributed by atoms with Gasteiger partial charge in [-0.2, -0.15) is 0 Å². The highest BCUT2D eigenvalue weighted by Crippen LogP contribution is 2.22. The Bertz CT molecular complexity index is 1170. The molecular formula is C20H18ClN3O4S. The van der Waals surface area contributed by atoms with Crippen molar-refractivity contribution >= 4 is 45.2 Å². The van der Waals surface area contributed by atoms with E-state index < -0.39 is 10.0 Å². The van der Waals surface area contributed by atoms with Crippen molar-refractivity contribution in [3.63, 3.8) is 0 Å². The normalized spacial score (nSPS) is 11.6. The quantitative estimate of drug-likeness (QED) is 0.563. The number of rotatable bonds is 6. The van der Waals surface area contributed by atoms with Gasteiger partial charge in [-0.05, 0) is 61.9 Å². The fourth-order valence-corrected chi connectivity index (χ4v) is 3.62. The largest absolute Gasteiger partial charge is 0.337 e. The molecule has 0 saturated heterocycles. The molecule has 0 spiro atoms. The lowest BCUT2D eigenvalue weighted by Crippen LogP contribution is -2.13. The maximum atomic E-state index is 12.5. The summed E-state index contributed by atoms with van der Waals surface area (Å²) in [4.78, 5) is 12.1. The van der Waals surface area contributed by atoms with Crippen molar-refractivity contribution in [2.75, 3.05) is 10.0 Å². The van der Waals surface area contributed by atoms with Crippen LogP contribution in [-0.4, -0.2) is 19.5 Å². The molecule has 0 unspecified atom stereocenters. The second-order valence-corrected chi connectivity index (χ2v) is 8.35. The van der Waals surface area contributed by atoms with Gasteiger partial charge < -0.3 is 9.84 Å². The standard InChI is InChI=1S/C20H18ClN3O4S/c1-13-14(2)23-28-20(13)24-29(26,27)18-9-7-17(8-10-18)22-19(25)11-6-15-4-3-5-16(21)12-15/h3-12,24H,1-2H3,(H,22,25). The van der Waals surface area contributed by atoms with Crippen molar-refractivity contribution in [1.29, 1.82) is 0 Å². The van der Waals surface area contributed by atoms with E-state index in [4.69, 9.17) is 16.1 Å². The van der Waals surface area contributed by atoms with Gasteiger partial charge in [-0.3, -0.25) is 4.79 Å². The number of carbonyl (C=O) groups excluding carboxylic acids is 1. The summed E-state index contributed by atoms with van der Waals surface area (Å²) >= 11 is 5.90. The van der Waals surface area contributed by atoms with Gasteiger partial charge in [0.2, 0.25) is 11.8 Å². The molecule has 0 atom stereocenters. The lowest BCUT2D eigenvalue weighted by molar-refractivity contribution is -0.111. The van der Waals surface area contributed by atoms with E-state index in [0.29, 0.717) is 22.0 Å². The maximum Gasteiger partial charge on any atom is 0.264 e. The summed E-state index contributed by atoms with van der Waals surface area (Å²) < 4.78 is 32.3. The highest BCUT2D eigenvalue weighted by Gasteiger charge is 2.19. The van der Waals surface area contributed by atoms with Gasteiger partial charge >= 0.3 is 0 Å². The van der Waals surface area contributed by atoms with Crippen LogP contribution in [0.5, 0.6) is 0 Å². The van der Waals surface area contributed by atoms with E-state index in [2.05, 4.69) is 15.2 Å². The minimum absolute atomic E-state index is 0.0263. The molecule has 7 nitrogen and oxygen atoms in total. The lowest BCUT2D eigenvalue weighted by atomic mass is 10.2. The summed E-state index contributed by atoms with van der Waals surface area (Å²) in [5.41, 5.74) is 2.46. The number of nitrogens with one attached hydrogen (secondary N) is 2. The fraction of sp³-hybridized carbons (Fsp3) is 0.100. The van der Waals surface area contributed by atoms with Gasteiger partial charge in [-0.1, -0.05) is 28.9 Å². The molecule has 1 aromatic heterocycles. The van der Waals surface area contributed by atoms with Crippen LogP contribution in [0.15, 0.2) is 64.0 Å². The zero-order valence-electron chi connectivity index (χ0n) is 15.6. The molecule has 3 rings (SSSR count). The third-order valence-electron chi connectivity index (χ3n) is 4.09. The molecule has 0 fully saturated rings. The van der Waals surface area contributed by atoms with Crippen molar-refractivity contribution in [1.82, 2.24) is 5.16 Å². The smallest absolute Gasteiger partial charge is 0.264 e. The molecule has 0 aliphatic carbocycles. The number of halogens is 1. The number of anilines is 2. The number of carbonyl (C=O) groups is 1. The molecule has 2 N–H and O–H groups in total. The zero-order chi connectivity index (χ0) is 21.0. The third-order valence-corrected chi connectivity index (χ3v) is 5.67. The highest BCUT2D eigenvalue weighted by atomic mass is 35.5. The van der Waals surface area contributed by atoms with Gasteiger partial charge in [0.1, 0.15) is 0 Å². The Balaban J connectivity index is 1.66. The molecule has 0 aliphatic rings. The number of sulfonamides is 1. The summed E-state index contributed by atoms with van der Waals surface area (Å²) in [6.45, 7) is 3.42. The minimum Gasteiger partial charge on any atom is -0.337 e. The molecule has 0 radical (unpaired) electrons. The zero-order valence-corrected chi connectivity index (χ0v) is 17.2. The van der Waals surface area contributed by atoms with Gasteiger partial charge in [-0.15, -0.1) is 0 Å². The average Bonchev–Trinajstić information content (AvgIpc) is 2.98. The maximum absolute atomic E-state index is 12.5. The van der Waals surface area contributed by atoms with Crippen molar-refractivity contribution < 1.29 is 17.7 Å². The van der Waals surface area contributed by atoms with Crippen molar-refractivity contribution in [2.24, 2.45) is 0 Å². The lowest BCUT2D eigenvalue weighted by Gasteiger charge is -2.07. The molecule has 2 aromatic carbocycles. The van der Waals surface area contributed by atoms with Crippen molar-refractivity contribution in [3.05, 3.63) is 76.5 Å². The van der Waals surface area contributed by atoms with E-state index >= 15 is 0 Å². The summed E-state index contributed by atoms with van der Waals surface area (Å²) in [6, 6.07) is 12.9. The van der Waals surface area contributed by atoms with Crippen LogP contribution in [0.25, 0.3) is 6.08 Å². The Labute approximate surface area is 173 Å². The minimum atomic E-state index is -3.84. The Morgan fingerprint density at radius 3 is 2.48 bits per heavy atom. The summed E-state index contributed by atoms with van der Waals surface area (Å²) in [7, 11) is -3.84. The van der Waals surface area contributed by atoms with Crippen LogP contribution in [0, 0.1) is 13.8 Å². The Morgan fingerprint density at radius 2 is 1.86 bits per heavy atom. The first-order chi connectivity index (χ1) is 13.7. The van der Waals surface area contributed by atoms with Crippen LogP contribution in [0.3, 0.4) is 0 Å². The summed E-state index contributed by atoms with van der Waals surface area (Å²) in [5.74, 6) is -0.280. The molecule has 0 aliphatic heterocycles. The number of aryl methyl sites for hydroxylation is 1. The van der Waals surface area contributed by atoms with E-state index in [1.807, 2.05) is 6.07 Å². The topological polar surface area (TPSA) is 101 Å². The van der Waals surface area contributed by atoms with E-state index in [0.717, 1.165) is 5.56 Å². The number of aromatic nitrogens is 1. The Morgan fingerprint density at radius 1 is 1.14 bits per heavy atom. The molecule has 9 heteroatoms. The van der Waals surface area contributed by atoms with Crippen LogP contribution in [0.1, 0.15) is 16.8 Å². The second-order valence-electron chi connectivity index (χ2n) is 6.23. The molecular weight excluding hydrogens is 414 g/mol. The molecule has 0 bridgehead atoms. The SMILES string of the molecule is Cc1noc(NS(=O)(=O)c2ccc(NC(=O)C=Cc3cccc(Cl)c3)cc2)c1C. The van der Waals surface area contributed by atoms with Gasteiger partial charge in [0, 0.05) is 22.3 Å². The molecule has 1 amide bonds. The van der Waals surface area contributed by atoms with Crippen LogP contribution in [0.4, 0.5) is 11.6 Å². The first-order valence-electron chi connectivity index (χ1n) is 8.55. The number of benzene rings is 2. The number of hydrogen-bond acceptors (Lipinski definition) is 5. The van der Waals surface area contributed by atoms with Gasteiger partial charge in [0.15, 0.2) is 0 Å². The number of hydrogen-bond donors (Lipinski definition) is 2. The Hall–Kier alpha value is -3.10. The van der Waals surface area contributed by atoms with Crippen LogP contribution < -0.4 is 10.0 Å². The van der Waals surface area contributed by atoms with Gasteiger partial charge in [0.25, 0.3) is 10.0 Å². The molecule has 1 heterocycles. The Kier molecular flexibility index (Phi) is 6.05. The first-order valence-corrected chi connectivity index (χ1v) is 10.4. The van der Waals surface area contributed by atoms with Crippen molar-refractivity contribution in [2.45, 2.75) is 18.7 Å². The first kappa shape index (κ1) is 20.6. The van der Waals surface area contributed by atoms with E-state index in [1.54, 1.807) is 38.1 Å². The number of nitrogens with zero attached hydrogens (tertiary/aromatic N) is 1. The van der Waals surface area contributed by atoms with Crippen LogP contribution in [-0.2, 0) is 14.8 Å². The van der Waals surface area contributed by atoms with Gasteiger partial charge in [-0.25, -0.2) is 13.1 Å². The number of amides is 1. The third kappa shape index (κ3) is 5.24. The van der Waals surface area contributed by atoms with Crippen LogP contribution in [0.2, 0.25) is 5.02 Å². The van der Waals surface area contributed by atoms with E-state index in [1.165, 1.54) is 30.3 Å². The average molecular weight is 432 g/mol. The summed E-state index contributed by atoms with van der Waals surface area (Å²) in [5, 5.41) is 6.96. The summed E-state index contributed by atoms with van der Waals surface area (Å²) in [6.07, 6.45) is 3.00. The van der Waals surface area contributed by atoms with Gasteiger partial charge in [0.05, 0.1) is 10.6 Å². The molecule has 150 valence electrons. The molecule has 29 heavy (non-hydrogen) atoms. The highest BCUT2D eigenvalue weighted by molar-refractivity contribution is 7.92. The van der Waals surface area contributed by atoms with E-state index in [-0.39, 0.29) is 16.7 Å². The predicted octanol–water partition coefficient (Wildman–Crippen LogP) is 4.40. The second kappa shape index (κ2) is 8.50. The monoisotopic (exact) mass is 431 g/mol. The van der Waals surface area contributed by atoms with E-state index in [9.17, 15) is 13.2 Å².